The summed E-state index contributed by atoms with van der Waals surface area (Å²) in [6.07, 6.45) is 0.784. The Kier molecular flexibility index (Phi) is 6.23. The number of amides is 2. The third-order valence-electron chi connectivity index (χ3n) is 5.84. The molecular weight excluding hydrogens is 418 g/mol. The van der Waals surface area contributed by atoms with Crippen LogP contribution in [0.1, 0.15) is 41.9 Å². The van der Waals surface area contributed by atoms with E-state index in [9.17, 15) is 9.59 Å². The minimum absolute atomic E-state index is 0.00212. The highest BCUT2D eigenvalue weighted by Gasteiger charge is 2.42. The Morgan fingerprint density at radius 1 is 1.19 bits per heavy atom. The number of likely N-dealkylation sites (tertiary alicyclic amines) is 1. The number of hydrogen-bond acceptors (Lipinski definition) is 5. The Labute approximate surface area is 186 Å². The van der Waals surface area contributed by atoms with Crippen molar-refractivity contribution in [3.63, 3.8) is 0 Å². The lowest BCUT2D eigenvalue weighted by atomic mass is 10.0. The molecule has 2 amide bonds. The predicted molar refractivity (Wildman–Crippen MR) is 119 cm³/mol. The van der Waals surface area contributed by atoms with Crippen LogP contribution in [0.4, 0.5) is 10.5 Å². The van der Waals surface area contributed by atoms with Crippen molar-refractivity contribution in [2.24, 2.45) is 0 Å². The molecule has 164 valence electrons. The molecule has 7 nitrogen and oxygen atoms in total. The summed E-state index contributed by atoms with van der Waals surface area (Å²) in [5.74, 6) is 0.598. The molecule has 0 aromatic heterocycles. The van der Waals surface area contributed by atoms with Crippen LogP contribution in [-0.2, 0) is 4.74 Å². The Morgan fingerprint density at radius 3 is 2.61 bits per heavy atom. The van der Waals surface area contributed by atoms with Crippen molar-refractivity contribution in [2.75, 3.05) is 32.1 Å². The van der Waals surface area contributed by atoms with E-state index in [4.69, 9.17) is 21.1 Å². The summed E-state index contributed by atoms with van der Waals surface area (Å²) >= 11 is 6.31. The molecule has 0 spiro atoms. The highest BCUT2D eigenvalue weighted by atomic mass is 35.5. The Morgan fingerprint density at radius 2 is 1.94 bits per heavy atom. The zero-order valence-electron chi connectivity index (χ0n) is 17.6. The van der Waals surface area contributed by atoms with Gasteiger partial charge in [-0.15, -0.1) is 0 Å². The molecule has 1 fully saturated rings. The zero-order valence-corrected chi connectivity index (χ0v) is 18.4. The number of halogens is 1. The molecule has 2 aromatic carbocycles. The van der Waals surface area contributed by atoms with Gasteiger partial charge < -0.3 is 24.6 Å². The summed E-state index contributed by atoms with van der Waals surface area (Å²) in [6, 6.07) is 13.2. The molecule has 2 aliphatic heterocycles. The van der Waals surface area contributed by atoms with Gasteiger partial charge in [0.15, 0.2) is 0 Å². The van der Waals surface area contributed by atoms with E-state index in [0.717, 1.165) is 11.3 Å². The molecule has 0 aliphatic carbocycles. The van der Waals surface area contributed by atoms with Gasteiger partial charge >= 0.3 is 6.09 Å². The maximum Gasteiger partial charge on any atom is 0.409 e. The normalized spacial score (nSPS) is 18.7. The second-order valence-electron chi connectivity index (χ2n) is 7.61. The van der Waals surface area contributed by atoms with Crippen LogP contribution in [-0.4, -0.2) is 54.6 Å². The summed E-state index contributed by atoms with van der Waals surface area (Å²) < 4.78 is 10.4. The molecule has 0 unspecified atom stereocenters. The number of piperidine rings is 1. The molecule has 0 bridgehead atoms. The number of fused-ring (bicyclic) bond motifs is 1. The van der Waals surface area contributed by atoms with Gasteiger partial charge in [0.25, 0.3) is 5.91 Å². The summed E-state index contributed by atoms with van der Waals surface area (Å²) in [4.78, 5) is 29.0. The number of carbonyl (C=O) groups is 2. The van der Waals surface area contributed by atoms with E-state index in [0.29, 0.717) is 48.9 Å². The number of ether oxygens (including phenoxy) is 2. The topological polar surface area (TPSA) is 71.1 Å². The Bertz CT molecular complexity index is 975. The van der Waals surface area contributed by atoms with Gasteiger partial charge in [-0.25, -0.2) is 4.79 Å². The van der Waals surface area contributed by atoms with E-state index in [1.54, 1.807) is 31.1 Å². The van der Waals surface area contributed by atoms with Gasteiger partial charge in [0, 0.05) is 35.9 Å². The number of carbonyl (C=O) groups excluding carboxylic acids is 2. The minimum Gasteiger partial charge on any atom is -0.495 e. The first kappa shape index (κ1) is 21.3. The number of rotatable bonds is 5. The van der Waals surface area contributed by atoms with Crippen LogP contribution >= 0.6 is 11.6 Å². The first-order chi connectivity index (χ1) is 15.0. The SMILES string of the molecule is CCOC(=O)N1CCC(N2C(=O)c3ccccc3[C@H]2Nc2ccc(OC)c(Cl)c2)CC1. The summed E-state index contributed by atoms with van der Waals surface area (Å²) in [6.45, 7) is 3.27. The average Bonchev–Trinajstić information content (AvgIpc) is 3.06. The molecule has 1 N–H and O–H groups in total. The smallest absolute Gasteiger partial charge is 0.409 e. The zero-order chi connectivity index (χ0) is 22.0. The molecule has 2 aromatic rings. The summed E-state index contributed by atoms with van der Waals surface area (Å²) in [5.41, 5.74) is 2.44. The van der Waals surface area contributed by atoms with Crippen molar-refractivity contribution in [3.8, 4) is 5.75 Å². The number of nitrogens with zero attached hydrogens (tertiary/aromatic N) is 2. The van der Waals surface area contributed by atoms with Crippen LogP contribution in [0.2, 0.25) is 5.02 Å². The second-order valence-corrected chi connectivity index (χ2v) is 8.02. The van der Waals surface area contributed by atoms with Crippen molar-refractivity contribution in [3.05, 3.63) is 58.6 Å². The third-order valence-corrected chi connectivity index (χ3v) is 6.13. The van der Waals surface area contributed by atoms with Crippen molar-refractivity contribution < 1.29 is 19.1 Å². The van der Waals surface area contributed by atoms with E-state index in [-0.39, 0.29) is 24.2 Å². The molecule has 1 atom stereocenters. The van der Waals surface area contributed by atoms with Gasteiger partial charge in [-0.2, -0.15) is 0 Å². The standard InChI is InChI=1S/C23H26ClN3O4/c1-3-31-23(29)26-12-10-16(11-13-26)27-21(17-6-4-5-7-18(17)22(27)28)25-15-8-9-20(30-2)19(24)14-15/h4-9,14,16,21,25H,3,10-13H2,1-2H3/t21-/m0/s1. The van der Waals surface area contributed by atoms with Crippen LogP contribution in [0.15, 0.2) is 42.5 Å². The molecule has 4 rings (SSSR count). The maximum atomic E-state index is 13.3. The van der Waals surface area contributed by atoms with Gasteiger partial charge in [0.2, 0.25) is 0 Å². The second kappa shape index (κ2) is 9.06. The Hall–Kier alpha value is -2.93. The van der Waals surface area contributed by atoms with E-state index in [1.165, 1.54) is 0 Å². The van der Waals surface area contributed by atoms with Crippen molar-refractivity contribution in [2.45, 2.75) is 32.0 Å². The fourth-order valence-corrected chi connectivity index (χ4v) is 4.57. The summed E-state index contributed by atoms with van der Waals surface area (Å²) in [7, 11) is 1.57. The number of benzene rings is 2. The van der Waals surface area contributed by atoms with Crippen molar-refractivity contribution in [1.29, 1.82) is 0 Å². The van der Waals surface area contributed by atoms with E-state index >= 15 is 0 Å². The lowest BCUT2D eigenvalue weighted by Crippen LogP contribution is -2.49. The highest BCUT2D eigenvalue weighted by Crippen LogP contribution is 2.39. The number of methoxy groups -OCH3 is 1. The van der Waals surface area contributed by atoms with Crippen LogP contribution in [0.5, 0.6) is 5.75 Å². The molecule has 1 saturated heterocycles. The molecule has 2 aliphatic rings. The van der Waals surface area contributed by atoms with Crippen LogP contribution in [0.3, 0.4) is 0 Å². The number of hydrogen-bond donors (Lipinski definition) is 1. The average molecular weight is 444 g/mol. The quantitative estimate of drug-likeness (QED) is 0.734. The fraction of sp³-hybridized carbons (Fsp3) is 0.391. The van der Waals surface area contributed by atoms with Crippen LogP contribution < -0.4 is 10.1 Å². The highest BCUT2D eigenvalue weighted by molar-refractivity contribution is 6.32. The van der Waals surface area contributed by atoms with E-state index < -0.39 is 0 Å². The minimum atomic E-state index is -0.313. The molecule has 0 radical (unpaired) electrons. The maximum absolute atomic E-state index is 13.3. The van der Waals surface area contributed by atoms with E-state index in [2.05, 4.69) is 5.32 Å². The van der Waals surface area contributed by atoms with Gasteiger partial charge in [0.05, 0.1) is 18.7 Å². The fourth-order valence-electron chi connectivity index (χ4n) is 4.32. The van der Waals surface area contributed by atoms with Crippen molar-refractivity contribution >= 4 is 29.3 Å². The monoisotopic (exact) mass is 443 g/mol. The molecule has 31 heavy (non-hydrogen) atoms. The molecular formula is C23H26ClN3O4. The lowest BCUT2D eigenvalue weighted by Gasteiger charge is -2.39. The third kappa shape index (κ3) is 4.14. The summed E-state index contributed by atoms with van der Waals surface area (Å²) in [5, 5.41) is 3.98. The molecule has 0 saturated carbocycles. The molecule has 8 heteroatoms. The predicted octanol–water partition coefficient (Wildman–Crippen LogP) is 4.54. The van der Waals surface area contributed by atoms with Gasteiger partial charge in [-0.3, -0.25) is 4.79 Å². The largest absolute Gasteiger partial charge is 0.495 e. The number of nitrogens with one attached hydrogen (secondary N) is 1. The Balaban J connectivity index is 1.57. The van der Waals surface area contributed by atoms with Gasteiger partial charge in [0.1, 0.15) is 11.9 Å². The van der Waals surface area contributed by atoms with E-state index in [1.807, 2.05) is 35.2 Å². The first-order valence-corrected chi connectivity index (χ1v) is 10.8. The lowest BCUT2D eigenvalue weighted by molar-refractivity contribution is 0.0496. The van der Waals surface area contributed by atoms with Gasteiger partial charge in [-0.05, 0) is 44.0 Å². The molecule has 2 heterocycles. The van der Waals surface area contributed by atoms with Crippen LogP contribution in [0, 0.1) is 0 Å². The van der Waals surface area contributed by atoms with Crippen LogP contribution in [0.25, 0.3) is 0 Å². The first-order valence-electron chi connectivity index (χ1n) is 10.5. The van der Waals surface area contributed by atoms with Gasteiger partial charge in [-0.1, -0.05) is 29.8 Å². The number of anilines is 1. The van der Waals surface area contributed by atoms with Crippen molar-refractivity contribution in [1.82, 2.24) is 9.80 Å².